The molecule has 1 spiro atoms. The molecule has 2 saturated heterocycles. The molecule has 0 aromatic carbocycles. The lowest BCUT2D eigenvalue weighted by atomic mass is 9.84. The third kappa shape index (κ3) is 4.44. The van der Waals surface area contributed by atoms with Gasteiger partial charge in [0.2, 0.25) is 12.3 Å². The number of nitriles is 1. The van der Waals surface area contributed by atoms with Crippen LogP contribution in [0.3, 0.4) is 0 Å². The van der Waals surface area contributed by atoms with Crippen molar-refractivity contribution in [2.45, 2.75) is 58.0 Å². The molecule has 1 aliphatic carbocycles. The van der Waals surface area contributed by atoms with Crippen LogP contribution in [-0.2, 0) is 9.59 Å². The van der Waals surface area contributed by atoms with E-state index in [1.807, 2.05) is 6.07 Å². The van der Waals surface area contributed by atoms with E-state index in [-0.39, 0.29) is 17.4 Å². The summed E-state index contributed by atoms with van der Waals surface area (Å²) in [4.78, 5) is 21.8. The van der Waals surface area contributed by atoms with Crippen molar-refractivity contribution < 1.29 is 9.59 Å². The molecule has 0 radical (unpaired) electrons. The summed E-state index contributed by atoms with van der Waals surface area (Å²) in [7, 11) is 0. The Morgan fingerprint density at radius 1 is 1.48 bits per heavy atom. The molecule has 2 amide bonds. The summed E-state index contributed by atoms with van der Waals surface area (Å²) in [5, 5.41) is 17.5. The molecule has 128 valence electrons. The Labute approximate surface area is 138 Å². The number of nitrogens with one attached hydrogen (secondary N) is 3. The van der Waals surface area contributed by atoms with Crippen LogP contribution in [0.5, 0.6) is 0 Å². The molecule has 3 unspecified atom stereocenters. The summed E-state index contributed by atoms with van der Waals surface area (Å²) in [5.41, 5.74) is 0.586. The van der Waals surface area contributed by atoms with Crippen LogP contribution in [-0.4, -0.2) is 37.0 Å². The van der Waals surface area contributed by atoms with E-state index in [9.17, 15) is 9.59 Å². The molecule has 1 saturated carbocycles. The summed E-state index contributed by atoms with van der Waals surface area (Å²) in [6.45, 7) is 9.33. The molecule has 0 bridgehead atoms. The Morgan fingerprint density at radius 3 is 2.52 bits per heavy atom. The van der Waals surface area contributed by atoms with E-state index in [1.165, 1.54) is 13.1 Å². The first-order chi connectivity index (χ1) is 10.8. The second kappa shape index (κ2) is 6.88. The third-order valence-corrected chi connectivity index (χ3v) is 5.56. The summed E-state index contributed by atoms with van der Waals surface area (Å²) in [5.74, 6) is 0.757. The number of amides is 2. The Kier molecular flexibility index (Phi) is 5.30. The van der Waals surface area contributed by atoms with Crippen molar-refractivity contribution in [2.75, 3.05) is 13.1 Å². The maximum Gasteiger partial charge on any atom is 0.223 e. The van der Waals surface area contributed by atoms with Crippen LogP contribution in [0.15, 0.2) is 0 Å². The van der Waals surface area contributed by atoms with Crippen molar-refractivity contribution in [1.29, 1.82) is 5.26 Å². The Morgan fingerprint density at radius 2 is 2.17 bits per heavy atom. The van der Waals surface area contributed by atoms with Crippen LogP contribution in [0.4, 0.5) is 0 Å². The molecule has 3 N–H and O–H groups in total. The van der Waals surface area contributed by atoms with E-state index < -0.39 is 6.04 Å². The van der Waals surface area contributed by atoms with Crippen LogP contribution in [0.1, 0.15) is 46.5 Å². The fraction of sp³-hybridized carbons (Fsp3) is 0.824. The van der Waals surface area contributed by atoms with Gasteiger partial charge in [0, 0.05) is 18.0 Å². The van der Waals surface area contributed by atoms with Gasteiger partial charge in [0.15, 0.2) is 0 Å². The van der Waals surface area contributed by atoms with Crippen LogP contribution in [0.25, 0.3) is 0 Å². The van der Waals surface area contributed by atoms with E-state index in [1.54, 1.807) is 0 Å². The molecule has 3 atom stereocenters. The van der Waals surface area contributed by atoms with E-state index in [4.69, 9.17) is 5.26 Å². The Bertz CT molecular complexity index is 493. The number of hydrogen-bond acceptors (Lipinski definition) is 4. The molecule has 2 aliphatic heterocycles. The van der Waals surface area contributed by atoms with Gasteiger partial charge >= 0.3 is 0 Å². The molecular formula is C17H28N4O2. The van der Waals surface area contributed by atoms with Crippen LogP contribution in [0.2, 0.25) is 0 Å². The molecule has 3 rings (SSSR count). The zero-order valence-corrected chi connectivity index (χ0v) is 14.3. The van der Waals surface area contributed by atoms with Gasteiger partial charge < -0.3 is 16.0 Å². The van der Waals surface area contributed by atoms with Gasteiger partial charge in [-0.1, -0.05) is 20.8 Å². The highest BCUT2D eigenvalue weighted by molar-refractivity contribution is 5.83. The minimum atomic E-state index is -0.549. The second-order valence-electron chi connectivity index (χ2n) is 7.89. The fourth-order valence-corrected chi connectivity index (χ4v) is 3.24. The lowest BCUT2D eigenvalue weighted by Crippen LogP contribution is -2.31. The second-order valence-corrected chi connectivity index (χ2v) is 7.89. The quantitative estimate of drug-likeness (QED) is 0.672. The first kappa shape index (κ1) is 17.7. The summed E-state index contributed by atoms with van der Waals surface area (Å²) in [6, 6.07) is 1.43. The van der Waals surface area contributed by atoms with Gasteiger partial charge in [-0.25, -0.2) is 0 Å². The number of nitrogens with zero attached hydrogens (tertiary/aromatic N) is 1. The smallest absolute Gasteiger partial charge is 0.223 e. The zero-order chi connectivity index (χ0) is 17.1. The fourth-order valence-electron chi connectivity index (χ4n) is 3.24. The summed E-state index contributed by atoms with van der Waals surface area (Å²) in [6.07, 6.45) is 3.84. The van der Waals surface area contributed by atoms with Crippen molar-refractivity contribution in [3.63, 3.8) is 0 Å². The van der Waals surface area contributed by atoms with Crippen LogP contribution in [0, 0.1) is 28.6 Å². The van der Waals surface area contributed by atoms with Gasteiger partial charge in [0.05, 0.1) is 6.07 Å². The van der Waals surface area contributed by atoms with Crippen LogP contribution >= 0.6 is 0 Å². The molecule has 3 aliphatic rings. The normalized spacial score (nSPS) is 30.6. The number of rotatable bonds is 4. The van der Waals surface area contributed by atoms with Gasteiger partial charge in [-0.05, 0) is 43.6 Å². The zero-order valence-electron chi connectivity index (χ0n) is 14.3. The molecule has 3 fully saturated rings. The van der Waals surface area contributed by atoms with Gasteiger partial charge in [-0.3, -0.25) is 9.59 Å². The maximum absolute atomic E-state index is 11.5. The first-order valence-corrected chi connectivity index (χ1v) is 8.44. The van der Waals surface area contributed by atoms with E-state index >= 15 is 0 Å². The van der Waals surface area contributed by atoms with Crippen molar-refractivity contribution in [2.24, 2.45) is 17.3 Å². The minimum Gasteiger partial charge on any atom is -0.350 e. The molecule has 0 aromatic heterocycles. The number of carbonyl (C=O) groups excluding carboxylic acids is 2. The monoisotopic (exact) mass is 320 g/mol. The third-order valence-electron chi connectivity index (χ3n) is 5.56. The van der Waals surface area contributed by atoms with Crippen molar-refractivity contribution in [3.8, 4) is 6.07 Å². The minimum absolute atomic E-state index is 0.0282. The molecule has 6 nitrogen and oxygen atoms in total. The molecule has 0 aromatic rings. The predicted molar refractivity (Wildman–Crippen MR) is 87.2 cm³/mol. The summed E-state index contributed by atoms with van der Waals surface area (Å²) >= 11 is 0. The van der Waals surface area contributed by atoms with Gasteiger partial charge in [-0.15, -0.1) is 0 Å². The standard InChI is InChI=1S/C10H13N3O2.C7H15N/c11-5-8(12-6-14)3-7-4-10(1-2-10)13-9(7)15;1-6-4-8-5-7(6,2)3/h6-8H,1-4H2,(H,12,14)(H,13,15);6,8H,4-5H2,1-3H3. The lowest BCUT2D eigenvalue weighted by Gasteiger charge is -2.21. The molecule has 23 heavy (non-hydrogen) atoms. The maximum atomic E-state index is 11.5. The van der Waals surface area contributed by atoms with Gasteiger partial charge in [0.1, 0.15) is 6.04 Å². The average Bonchev–Trinajstić information content (AvgIpc) is 3.07. The van der Waals surface area contributed by atoms with Crippen molar-refractivity contribution >= 4 is 12.3 Å². The van der Waals surface area contributed by atoms with E-state index in [0.717, 1.165) is 25.2 Å². The predicted octanol–water partition coefficient (Wildman–Crippen LogP) is 0.935. The Hall–Kier alpha value is -1.61. The lowest BCUT2D eigenvalue weighted by molar-refractivity contribution is -0.123. The average molecular weight is 320 g/mol. The van der Waals surface area contributed by atoms with Crippen molar-refractivity contribution in [1.82, 2.24) is 16.0 Å². The molecule has 6 heteroatoms. The molecular weight excluding hydrogens is 292 g/mol. The largest absolute Gasteiger partial charge is 0.350 e. The highest BCUT2D eigenvalue weighted by Gasteiger charge is 2.52. The Balaban J connectivity index is 0.000000203. The SMILES string of the molecule is CC1CNCC1(C)C.N#CC(CC1CC2(CC2)NC1=O)NC=O. The van der Waals surface area contributed by atoms with E-state index in [2.05, 4.69) is 36.7 Å². The van der Waals surface area contributed by atoms with Gasteiger partial charge in [-0.2, -0.15) is 5.26 Å². The highest BCUT2D eigenvalue weighted by atomic mass is 16.2. The first-order valence-electron chi connectivity index (χ1n) is 8.44. The van der Waals surface area contributed by atoms with Crippen molar-refractivity contribution in [3.05, 3.63) is 0 Å². The number of hydrogen-bond donors (Lipinski definition) is 3. The number of carbonyl (C=O) groups is 2. The van der Waals surface area contributed by atoms with E-state index in [0.29, 0.717) is 18.2 Å². The molecule has 2 heterocycles. The van der Waals surface area contributed by atoms with Gasteiger partial charge in [0.25, 0.3) is 0 Å². The van der Waals surface area contributed by atoms with Crippen LogP contribution < -0.4 is 16.0 Å². The summed E-state index contributed by atoms with van der Waals surface area (Å²) < 4.78 is 0. The highest BCUT2D eigenvalue weighted by Crippen LogP contribution is 2.46. The topological polar surface area (TPSA) is 94.0 Å².